The quantitative estimate of drug-likeness (QED) is 0.477. The van der Waals surface area contributed by atoms with Gasteiger partial charge < -0.3 is 18.9 Å². The Morgan fingerprint density at radius 1 is 1.23 bits per heavy atom. The van der Waals surface area contributed by atoms with Gasteiger partial charge in [0, 0.05) is 37.8 Å². The van der Waals surface area contributed by atoms with Crippen molar-refractivity contribution in [3.05, 3.63) is 45.6 Å². The Hall–Kier alpha value is -3.41. The van der Waals surface area contributed by atoms with Gasteiger partial charge in [0.15, 0.2) is 17.3 Å². The summed E-state index contributed by atoms with van der Waals surface area (Å²) in [6, 6.07) is 4.02. The van der Waals surface area contributed by atoms with Crippen molar-refractivity contribution in [3.63, 3.8) is 0 Å². The number of likely N-dealkylation sites (N-methyl/N-ethyl adjacent to an activating group) is 1. The molecule has 2 aliphatic rings. The van der Waals surface area contributed by atoms with Gasteiger partial charge in [0.05, 0.1) is 25.5 Å². The molecule has 3 aromatic rings. The number of carbonyl (C=O) groups excluding carboxylic acids is 1. The van der Waals surface area contributed by atoms with Crippen LogP contribution in [0.5, 0.6) is 11.5 Å². The Kier molecular flexibility index (Phi) is 7.41. The van der Waals surface area contributed by atoms with E-state index in [-0.39, 0.29) is 40.6 Å². The normalized spacial score (nSPS) is 22.2. The number of methoxy groups -OCH3 is 1. The molecule has 39 heavy (non-hydrogen) atoms. The molecule has 2 aliphatic heterocycles. The monoisotopic (exact) mass is 559 g/mol. The molecule has 0 N–H and O–H groups in total. The van der Waals surface area contributed by atoms with Gasteiger partial charge in [-0.05, 0) is 46.1 Å². The Bertz CT molecular complexity index is 1520. The van der Waals surface area contributed by atoms with Crippen LogP contribution in [0.25, 0.3) is 10.9 Å². The van der Waals surface area contributed by atoms with Gasteiger partial charge in [-0.2, -0.15) is 0 Å². The van der Waals surface area contributed by atoms with Gasteiger partial charge in [0.2, 0.25) is 0 Å². The Morgan fingerprint density at radius 2 is 2.00 bits per heavy atom. The number of anilines is 1. The summed E-state index contributed by atoms with van der Waals surface area (Å²) in [7, 11) is 1.66. The van der Waals surface area contributed by atoms with E-state index < -0.39 is 22.4 Å². The van der Waals surface area contributed by atoms with Crippen molar-refractivity contribution in [3.8, 4) is 11.5 Å². The minimum Gasteiger partial charge on any atom is -0.493 e. The van der Waals surface area contributed by atoms with Crippen LogP contribution in [0.1, 0.15) is 62.1 Å². The smallest absolute Gasteiger partial charge is 0.280 e. The summed E-state index contributed by atoms with van der Waals surface area (Å²) >= 11 is 0. The second-order valence-electron chi connectivity index (χ2n) is 10.1. The molecule has 0 fully saturated rings. The van der Waals surface area contributed by atoms with Crippen molar-refractivity contribution in [1.82, 2.24) is 19.2 Å². The fourth-order valence-electron chi connectivity index (χ4n) is 5.51. The number of rotatable bonds is 2. The molecular weight excluding hydrogens is 525 g/mol. The molecule has 1 amide bonds. The lowest BCUT2D eigenvalue weighted by molar-refractivity contribution is 0.0685. The second kappa shape index (κ2) is 10.6. The maximum absolute atomic E-state index is 14.1. The predicted octanol–water partition coefficient (Wildman–Crippen LogP) is 3.48. The van der Waals surface area contributed by atoms with Crippen LogP contribution in [0.2, 0.25) is 0 Å². The van der Waals surface area contributed by atoms with Crippen LogP contribution in [0.15, 0.2) is 23.0 Å². The molecule has 5 rings (SSSR count). The van der Waals surface area contributed by atoms with Crippen LogP contribution in [-0.4, -0.2) is 68.5 Å². The zero-order chi connectivity index (χ0) is 28.0. The van der Waals surface area contributed by atoms with Gasteiger partial charge in [0.1, 0.15) is 33.5 Å². The SMILES string of the molecule is CCN1CC(C)n2c(c(OC)c3c(=O)n4nc(c32)N(C)S(=O)C(C)CCCCOc2cc(F)ccc2C4)C1=O. The number of fused-ring (bicyclic) bond motifs is 7. The highest BCUT2D eigenvalue weighted by molar-refractivity contribution is 7.87. The highest BCUT2D eigenvalue weighted by atomic mass is 32.2. The molecule has 3 atom stereocenters. The number of halogens is 1. The summed E-state index contributed by atoms with van der Waals surface area (Å²) in [6.45, 7) is 7.11. The number of ether oxygens (including phenoxy) is 2. The summed E-state index contributed by atoms with van der Waals surface area (Å²) in [5.74, 6) is 0.150. The van der Waals surface area contributed by atoms with Gasteiger partial charge in [-0.1, -0.05) is 6.07 Å². The highest BCUT2D eigenvalue weighted by Gasteiger charge is 2.38. The predicted molar refractivity (Wildman–Crippen MR) is 148 cm³/mol. The van der Waals surface area contributed by atoms with E-state index >= 15 is 0 Å². The summed E-state index contributed by atoms with van der Waals surface area (Å²) in [5.41, 5.74) is 0.813. The maximum Gasteiger partial charge on any atom is 0.280 e. The average Bonchev–Trinajstić information content (AvgIpc) is 3.28. The van der Waals surface area contributed by atoms with E-state index in [1.165, 1.54) is 23.9 Å². The number of nitrogens with zero attached hydrogens (tertiary/aromatic N) is 5. The van der Waals surface area contributed by atoms with Crippen molar-refractivity contribution in [2.75, 3.05) is 38.2 Å². The highest BCUT2D eigenvalue weighted by Crippen LogP contribution is 2.41. The zero-order valence-electron chi connectivity index (χ0n) is 22.9. The van der Waals surface area contributed by atoms with E-state index in [4.69, 9.17) is 14.6 Å². The molecule has 2 aromatic heterocycles. The minimum absolute atomic E-state index is 0.0122. The molecule has 0 radical (unpaired) electrons. The number of carbonyl (C=O) groups is 1. The van der Waals surface area contributed by atoms with Gasteiger partial charge in [-0.15, -0.1) is 5.10 Å². The van der Waals surface area contributed by atoms with Crippen molar-refractivity contribution < 1.29 is 22.9 Å². The molecule has 4 heterocycles. The molecule has 0 spiro atoms. The first kappa shape index (κ1) is 27.2. The lowest BCUT2D eigenvalue weighted by Crippen LogP contribution is -2.42. The van der Waals surface area contributed by atoms with Crippen molar-refractivity contribution in [2.24, 2.45) is 0 Å². The Balaban J connectivity index is 1.84. The topological polar surface area (TPSA) is 98.9 Å². The molecule has 0 saturated heterocycles. The number of amides is 1. The molecule has 210 valence electrons. The largest absolute Gasteiger partial charge is 0.493 e. The van der Waals surface area contributed by atoms with Gasteiger partial charge >= 0.3 is 0 Å². The van der Waals surface area contributed by atoms with E-state index in [1.807, 2.05) is 25.3 Å². The molecule has 0 saturated carbocycles. The summed E-state index contributed by atoms with van der Waals surface area (Å²) in [6.07, 6.45) is 2.17. The summed E-state index contributed by atoms with van der Waals surface area (Å²) < 4.78 is 44.1. The van der Waals surface area contributed by atoms with E-state index in [2.05, 4.69) is 0 Å². The van der Waals surface area contributed by atoms with Crippen LogP contribution in [0.4, 0.5) is 10.2 Å². The van der Waals surface area contributed by atoms with Gasteiger partial charge in [0.25, 0.3) is 11.5 Å². The van der Waals surface area contributed by atoms with Crippen molar-refractivity contribution in [2.45, 2.75) is 57.9 Å². The van der Waals surface area contributed by atoms with E-state index in [1.54, 1.807) is 22.3 Å². The average molecular weight is 560 g/mol. The van der Waals surface area contributed by atoms with Crippen LogP contribution >= 0.6 is 0 Å². The van der Waals surface area contributed by atoms with Crippen LogP contribution in [0, 0.1) is 5.82 Å². The minimum atomic E-state index is -1.48. The first-order valence-electron chi connectivity index (χ1n) is 13.3. The lowest BCUT2D eigenvalue weighted by atomic mass is 10.2. The van der Waals surface area contributed by atoms with Crippen LogP contribution < -0.4 is 19.3 Å². The summed E-state index contributed by atoms with van der Waals surface area (Å²) in [5, 5.41) is 4.71. The summed E-state index contributed by atoms with van der Waals surface area (Å²) in [4.78, 5) is 29.3. The first-order chi connectivity index (χ1) is 18.7. The third-order valence-electron chi connectivity index (χ3n) is 7.56. The first-order valence-corrected chi connectivity index (χ1v) is 14.4. The number of benzene rings is 1. The van der Waals surface area contributed by atoms with Crippen molar-refractivity contribution in [1.29, 1.82) is 0 Å². The number of hydrogen-bond donors (Lipinski definition) is 0. The second-order valence-corrected chi connectivity index (χ2v) is 12.0. The molecule has 0 aliphatic carbocycles. The standard InChI is InChI=1S/C27H34FN5O5S/c1-6-31-14-16(2)33-22-21(24(37-5)23(33)27(31)35)26(34)32-15-18-10-11-19(28)13-20(18)38-12-8-7-9-17(3)39(36)30(4)25(22)29-32/h10-11,13,16-17H,6-9,12,14-15H2,1-5H3. The zero-order valence-corrected chi connectivity index (χ0v) is 23.7. The van der Waals surface area contributed by atoms with Gasteiger partial charge in [-0.25, -0.2) is 13.3 Å². The van der Waals surface area contributed by atoms with E-state index in [0.717, 1.165) is 6.42 Å². The number of hydrogen-bond acceptors (Lipinski definition) is 6. The number of aromatic nitrogens is 3. The third-order valence-corrected chi connectivity index (χ3v) is 9.20. The third kappa shape index (κ3) is 4.58. The molecule has 1 aromatic carbocycles. The fourth-order valence-corrected chi connectivity index (χ4v) is 6.71. The molecule has 10 nitrogen and oxygen atoms in total. The van der Waals surface area contributed by atoms with Crippen LogP contribution in [-0.2, 0) is 17.5 Å². The fraction of sp³-hybridized carbons (Fsp3) is 0.519. The molecule has 3 unspecified atom stereocenters. The van der Waals surface area contributed by atoms with Crippen molar-refractivity contribution >= 4 is 33.6 Å². The van der Waals surface area contributed by atoms with E-state index in [0.29, 0.717) is 55.2 Å². The lowest BCUT2D eigenvalue weighted by Gasteiger charge is -2.33. The maximum atomic E-state index is 14.1. The van der Waals surface area contributed by atoms with Crippen LogP contribution in [0.3, 0.4) is 0 Å². The molecule has 2 bridgehead atoms. The Labute approximate surface area is 228 Å². The van der Waals surface area contributed by atoms with E-state index in [9.17, 15) is 18.2 Å². The molecule has 12 heteroatoms. The molecular formula is C27H34FN5O5S. The van der Waals surface area contributed by atoms with Gasteiger partial charge in [-0.3, -0.25) is 13.9 Å². The Morgan fingerprint density at radius 3 is 2.72 bits per heavy atom.